The van der Waals surface area contributed by atoms with E-state index in [-0.39, 0.29) is 0 Å². The lowest BCUT2D eigenvalue weighted by molar-refractivity contribution is 0.186. The van der Waals surface area contributed by atoms with E-state index in [0.29, 0.717) is 6.04 Å². The van der Waals surface area contributed by atoms with Crippen molar-refractivity contribution in [2.45, 2.75) is 52.5 Å². The van der Waals surface area contributed by atoms with Crippen LogP contribution in [0.3, 0.4) is 0 Å². The fourth-order valence-corrected chi connectivity index (χ4v) is 3.46. The Balaban J connectivity index is 2.03. The zero-order chi connectivity index (χ0) is 13.8. The summed E-state index contributed by atoms with van der Waals surface area (Å²) in [6, 6.07) is 0.415. The lowest BCUT2D eigenvalue weighted by atomic mass is 9.74. The summed E-state index contributed by atoms with van der Waals surface area (Å²) in [4.78, 5) is 0. The van der Waals surface area contributed by atoms with Crippen molar-refractivity contribution in [3.63, 3.8) is 0 Å². The van der Waals surface area contributed by atoms with Crippen molar-refractivity contribution in [2.24, 2.45) is 24.8 Å². The van der Waals surface area contributed by atoms with Gasteiger partial charge in [0.05, 0.1) is 17.9 Å². The first-order chi connectivity index (χ1) is 9.13. The van der Waals surface area contributed by atoms with Crippen LogP contribution >= 0.6 is 0 Å². The van der Waals surface area contributed by atoms with Gasteiger partial charge in [-0.2, -0.15) is 0 Å². The Morgan fingerprint density at radius 3 is 2.37 bits per heavy atom. The highest BCUT2D eigenvalue weighted by atomic mass is 15.4. The number of rotatable bonds is 5. The maximum atomic E-state index is 4.08. The van der Waals surface area contributed by atoms with Crippen molar-refractivity contribution in [3.8, 4) is 0 Å². The highest BCUT2D eigenvalue weighted by Gasteiger charge is 2.30. The summed E-state index contributed by atoms with van der Waals surface area (Å²) in [5.74, 6) is 2.48. The summed E-state index contributed by atoms with van der Waals surface area (Å²) >= 11 is 0. The van der Waals surface area contributed by atoms with E-state index in [1.54, 1.807) is 0 Å². The van der Waals surface area contributed by atoms with Crippen molar-refractivity contribution < 1.29 is 0 Å². The molecule has 1 N–H and O–H groups in total. The Morgan fingerprint density at radius 2 is 1.89 bits per heavy atom. The smallest absolute Gasteiger partial charge is 0.0756 e. The molecule has 19 heavy (non-hydrogen) atoms. The van der Waals surface area contributed by atoms with Gasteiger partial charge < -0.3 is 5.32 Å². The predicted molar refractivity (Wildman–Crippen MR) is 77.7 cm³/mol. The molecule has 108 valence electrons. The Hall–Kier alpha value is -0.900. The molecule has 0 bridgehead atoms. The van der Waals surface area contributed by atoms with Gasteiger partial charge in [0, 0.05) is 7.05 Å². The Bertz CT molecular complexity index is 377. The van der Waals surface area contributed by atoms with Crippen LogP contribution in [0.4, 0.5) is 0 Å². The summed E-state index contributed by atoms with van der Waals surface area (Å²) in [5.41, 5.74) is 1.23. The molecule has 0 aromatic carbocycles. The molecule has 0 radical (unpaired) electrons. The quantitative estimate of drug-likeness (QED) is 0.889. The summed E-state index contributed by atoms with van der Waals surface area (Å²) in [6.45, 7) is 7.89. The molecule has 0 saturated heterocycles. The molecule has 1 aliphatic rings. The number of aromatic nitrogens is 3. The van der Waals surface area contributed by atoms with E-state index in [4.69, 9.17) is 0 Å². The molecule has 1 unspecified atom stereocenters. The van der Waals surface area contributed by atoms with Crippen molar-refractivity contribution in [1.29, 1.82) is 0 Å². The van der Waals surface area contributed by atoms with Gasteiger partial charge in [-0.3, -0.25) is 4.68 Å². The summed E-state index contributed by atoms with van der Waals surface area (Å²) in [6.07, 6.45) is 7.31. The molecule has 1 heterocycles. The number of hydrogen-bond acceptors (Lipinski definition) is 3. The van der Waals surface area contributed by atoms with E-state index < -0.39 is 0 Å². The molecule has 0 aliphatic heterocycles. The molecule has 1 saturated carbocycles. The largest absolute Gasteiger partial charge is 0.309 e. The number of hydrogen-bond donors (Lipinski definition) is 1. The molecular formula is C15H28N4. The average Bonchev–Trinajstić information content (AvgIpc) is 2.82. The van der Waals surface area contributed by atoms with Crippen LogP contribution in [-0.2, 0) is 7.05 Å². The van der Waals surface area contributed by atoms with Crippen LogP contribution in [0.2, 0.25) is 0 Å². The Morgan fingerprint density at radius 1 is 1.26 bits per heavy atom. The fraction of sp³-hybridized carbons (Fsp3) is 0.867. The van der Waals surface area contributed by atoms with Crippen LogP contribution in [0.15, 0.2) is 6.20 Å². The Labute approximate surface area is 117 Å². The maximum absolute atomic E-state index is 4.08. The predicted octanol–water partition coefficient (Wildman–Crippen LogP) is 2.93. The topological polar surface area (TPSA) is 42.7 Å². The number of aryl methyl sites for hydroxylation is 1. The summed E-state index contributed by atoms with van der Waals surface area (Å²) in [7, 11) is 1.99. The van der Waals surface area contributed by atoms with Crippen LogP contribution in [-0.4, -0.2) is 21.5 Å². The first-order valence-electron chi connectivity index (χ1n) is 7.71. The van der Waals surface area contributed by atoms with E-state index in [1.807, 2.05) is 17.9 Å². The second-order valence-corrected chi connectivity index (χ2v) is 6.24. The van der Waals surface area contributed by atoms with Crippen molar-refractivity contribution in [2.75, 3.05) is 6.54 Å². The second kappa shape index (κ2) is 6.51. The van der Waals surface area contributed by atoms with E-state index >= 15 is 0 Å². The van der Waals surface area contributed by atoms with Gasteiger partial charge in [0.25, 0.3) is 0 Å². The van der Waals surface area contributed by atoms with Crippen molar-refractivity contribution in [1.82, 2.24) is 20.3 Å². The first-order valence-corrected chi connectivity index (χ1v) is 7.71. The lowest BCUT2D eigenvalue weighted by Crippen LogP contribution is -2.33. The van der Waals surface area contributed by atoms with Gasteiger partial charge in [-0.15, -0.1) is 5.10 Å². The fourth-order valence-electron chi connectivity index (χ4n) is 3.46. The molecule has 1 atom stereocenters. The maximum Gasteiger partial charge on any atom is 0.0756 e. The zero-order valence-electron chi connectivity index (χ0n) is 12.8. The van der Waals surface area contributed by atoms with Crippen molar-refractivity contribution >= 4 is 0 Å². The minimum absolute atomic E-state index is 0.415. The van der Waals surface area contributed by atoms with Gasteiger partial charge in [0.15, 0.2) is 0 Å². The van der Waals surface area contributed by atoms with E-state index in [1.165, 1.54) is 31.4 Å². The van der Waals surface area contributed by atoms with Crippen molar-refractivity contribution in [3.05, 3.63) is 11.9 Å². The molecule has 0 amide bonds. The molecule has 1 aromatic heterocycles. The minimum atomic E-state index is 0.415. The zero-order valence-corrected chi connectivity index (χ0v) is 12.8. The molecular weight excluding hydrogens is 236 g/mol. The highest BCUT2D eigenvalue weighted by Crippen LogP contribution is 2.39. The molecule has 0 spiro atoms. The normalized spacial score (nSPS) is 25.7. The number of nitrogens with one attached hydrogen (secondary N) is 1. The van der Waals surface area contributed by atoms with E-state index in [2.05, 4.69) is 36.4 Å². The molecule has 1 aromatic rings. The van der Waals surface area contributed by atoms with Crippen LogP contribution in [0, 0.1) is 17.8 Å². The van der Waals surface area contributed by atoms with E-state index in [0.717, 1.165) is 24.3 Å². The number of nitrogens with zero attached hydrogens (tertiary/aromatic N) is 3. The van der Waals surface area contributed by atoms with Crippen LogP contribution in [0.1, 0.15) is 58.2 Å². The lowest BCUT2D eigenvalue weighted by Gasteiger charge is -2.35. The first kappa shape index (κ1) is 14.5. The monoisotopic (exact) mass is 264 g/mol. The molecule has 4 nitrogen and oxygen atoms in total. The van der Waals surface area contributed by atoms with Crippen LogP contribution < -0.4 is 5.32 Å². The Kier molecular flexibility index (Phi) is 4.97. The third-order valence-corrected chi connectivity index (χ3v) is 4.72. The molecule has 2 rings (SSSR count). The van der Waals surface area contributed by atoms with Crippen LogP contribution in [0.25, 0.3) is 0 Å². The van der Waals surface area contributed by atoms with Gasteiger partial charge in [-0.05, 0) is 50.0 Å². The summed E-state index contributed by atoms with van der Waals surface area (Å²) < 4.78 is 1.92. The van der Waals surface area contributed by atoms with E-state index in [9.17, 15) is 0 Å². The van der Waals surface area contributed by atoms with Gasteiger partial charge >= 0.3 is 0 Å². The summed E-state index contributed by atoms with van der Waals surface area (Å²) in [5, 5.41) is 11.8. The SMILES string of the molecule is CCNC(c1cnnn1C)C1CCC(C(C)C)CC1. The second-order valence-electron chi connectivity index (χ2n) is 6.24. The molecule has 1 fully saturated rings. The third kappa shape index (κ3) is 3.35. The van der Waals surface area contributed by atoms with Crippen LogP contribution in [0.5, 0.6) is 0 Å². The molecule has 1 aliphatic carbocycles. The van der Waals surface area contributed by atoms with Gasteiger partial charge in [-0.1, -0.05) is 26.0 Å². The average molecular weight is 264 g/mol. The van der Waals surface area contributed by atoms with Gasteiger partial charge in [0.1, 0.15) is 0 Å². The third-order valence-electron chi connectivity index (χ3n) is 4.72. The molecule has 4 heteroatoms. The standard InChI is InChI=1S/C15H28N4/c1-5-16-15(14-10-17-18-19(14)4)13-8-6-12(7-9-13)11(2)3/h10-13,15-16H,5-9H2,1-4H3. The van der Waals surface area contributed by atoms with Gasteiger partial charge in [-0.25, -0.2) is 0 Å². The minimum Gasteiger partial charge on any atom is -0.309 e. The van der Waals surface area contributed by atoms with Gasteiger partial charge in [0.2, 0.25) is 0 Å². The highest BCUT2D eigenvalue weighted by molar-refractivity contribution is 5.04.